The quantitative estimate of drug-likeness (QED) is 0.821. The molecular weight excluding hydrogens is 196 g/mol. The van der Waals surface area contributed by atoms with Gasteiger partial charge in [-0.2, -0.15) is 0 Å². The summed E-state index contributed by atoms with van der Waals surface area (Å²) in [6.07, 6.45) is 1.59. The number of rotatable bonds is 2. The molecule has 1 aromatic carbocycles. The van der Waals surface area contributed by atoms with E-state index in [2.05, 4.69) is 4.98 Å². The van der Waals surface area contributed by atoms with Crippen molar-refractivity contribution < 1.29 is 4.74 Å². The van der Waals surface area contributed by atoms with Gasteiger partial charge in [-0.15, -0.1) is 0 Å². The molecule has 0 spiro atoms. The molecule has 0 amide bonds. The molecule has 0 unspecified atom stereocenters. The highest BCUT2D eigenvalue weighted by Crippen LogP contribution is 2.27. The number of nitrogen functional groups attached to an aromatic ring is 1. The molecule has 1 aromatic heterocycles. The van der Waals surface area contributed by atoms with Crippen LogP contribution in [0.5, 0.6) is 10.9 Å². The van der Waals surface area contributed by atoms with Crippen LogP contribution in [0.4, 0.5) is 5.00 Å². The Kier molecular flexibility index (Phi) is 2.37. The van der Waals surface area contributed by atoms with E-state index in [1.54, 1.807) is 6.20 Å². The minimum Gasteiger partial charge on any atom is -0.431 e. The van der Waals surface area contributed by atoms with Gasteiger partial charge in [0.15, 0.2) is 0 Å². The second-order valence-corrected chi connectivity index (χ2v) is 3.97. The molecule has 0 aliphatic heterocycles. The number of nitrogens with two attached hydrogens (primary N) is 1. The summed E-state index contributed by atoms with van der Waals surface area (Å²) in [6, 6.07) is 7.81. The monoisotopic (exact) mass is 206 g/mol. The third-order valence-corrected chi connectivity index (χ3v) is 2.40. The first-order chi connectivity index (χ1) is 6.74. The van der Waals surface area contributed by atoms with Crippen LogP contribution in [0.25, 0.3) is 0 Å². The Morgan fingerprint density at radius 2 is 2.29 bits per heavy atom. The predicted octanol–water partition coefficient (Wildman–Crippen LogP) is 2.83. The zero-order chi connectivity index (χ0) is 9.97. The summed E-state index contributed by atoms with van der Waals surface area (Å²) >= 11 is 1.33. The highest BCUT2D eigenvalue weighted by atomic mass is 32.1. The molecule has 4 heteroatoms. The van der Waals surface area contributed by atoms with Gasteiger partial charge in [-0.3, -0.25) is 0 Å². The van der Waals surface area contributed by atoms with Gasteiger partial charge in [0, 0.05) is 0 Å². The van der Waals surface area contributed by atoms with E-state index in [1.807, 2.05) is 31.2 Å². The molecule has 0 saturated heterocycles. The minimum atomic E-state index is 0.577. The molecule has 0 bridgehead atoms. The SMILES string of the molecule is Cc1cccc(Oc2ncc(N)s2)c1. The molecule has 0 saturated carbocycles. The number of hydrogen-bond donors (Lipinski definition) is 1. The summed E-state index contributed by atoms with van der Waals surface area (Å²) in [7, 11) is 0. The van der Waals surface area contributed by atoms with Crippen molar-refractivity contribution in [3.63, 3.8) is 0 Å². The molecule has 2 aromatic rings. The maximum absolute atomic E-state index is 5.54. The first kappa shape index (κ1) is 9.02. The van der Waals surface area contributed by atoms with Crippen LogP contribution in [-0.2, 0) is 0 Å². The summed E-state index contributed by atoms with van der Waals surface area (Å²) in [4.78, 5) is 4.01. The lowest BCUT2D eigenvalue weighted by Gasteiger charge is -2.01. The van der Waals surface area contributed by atoms with E-state index in [4.69, 9.17) is 10.5 Å². The third-order valence-electron chi connectivity index (χ3n) is 1.70. The minimum absolute atomic E-state index is 0.577. The number of aromatic nitrogens is 1. The van der Waals surface area contributed by atoms with Gasteiger partial charge in [-0.25, -0.2) is 4.98 Å². The van der Waals surface area contributed by atoms with Crippen LogP contribution in [0, 0.1) is 6.92 Å². The van der Waals surface area contributed by atoms with Crippen molar-refractivity contribution in [2.24, 2.45) is 0 Å². The summed E-state index contributed by atoms with van der Waals surface area (Å²) in [5.74, 6) is 0.791. The number of aryl methyl sites for hydroxylation is 1. The van der Waals surface area contributed by atoms with Crippen molar-refractivity contribution in [1.29, 1.82) is 0 Å². The standard InChI is InChI=1S/C10H10N2OS/c1-7-3-2-4-8(5-7)13-10-12-6-9(11)14-10/h2-6H,11H2,1H3. The summed E-state index contributed by atoms with van der Waals surface area (Å²) in [6.45, 7) is 2.02. The zero-order valence-corrected chi connectivity index (χ0v) is 8.54. The van der Waals surface area contributed by atoms with Gasteiger partial charge in [-0.05, 0) is 24.6 Å². The van der Waals surface area contributed by atoms with Crippen LogP contribution >= 0.6 is 11.3 Å². The number of thiazole rings is 1. The van der Waals surface area contributed by atoms with Crippen molar-refractivity contribution in [2.45, 2.75) is 6.92 Å². The van der Waals surface area contributed by atoms with Crippen LogP contribution in [0.15, 0.2) is 30.5 Å². The van der Waals surface area contributed by atoms with Crippen molar-refractivity contribution >= 4 is 16.3 Å². The second-order valence-electron chi connectivity index (χ2n) is 2.95. The third kappa shape index (κ3) is 2.03. The zero-order valence-electron chi connectivity index (χ0n) is 7.73. The van der Waals surface area contributed by atoms with Gasteiger partial charge in [0.05, 0.1) is 6.20 Å². The summed E-state index contributed by atoms with van der Waals surface area (Å²) in [5.41, 5.74) is 6.70. The molecule has 14 heavy (non-hydrogen) atoms. The van der Waals surface area contributed by atoms with Gasteiger partial charge in [-0.1, -0.05) is 23.5 Å². The fourth-order valence-electron chi connectivity index (χ4n) is 1.10. The van der Waals surface area contributed by atoms with E-state index in [0.29, 0.717) is 10.2 Å². The lowest BCUT2D eigenvalue weighted by molar-refractivity contribution is 0.478. The lowest BCUT2D eigenvalue weighted by atomic mass is 10.2. The number of benzene rings is 1. The predicted molar refractivity (Wildman–Crippen MR) is 57.8 cm³/mol. The Balaban J connectivity index is 2.18. The first-order valence-electron chi connectivity index (χ1n) is 4.20. The Bertz CT molecular complexity index is 439. The van der Waals surface area contributed by atoms with E-state index < -0.39 is 0 Å². The molecule has 1 heterocycles. The molecule has 3 nitrogen and oxygen atoms in total. The largest absolute Gasteiger partial charge is 0.431 e. The summed E-state index contributed by atoms with van der Waals surface area (Å²) < 4.78 is 5.51. The lowest BCUT2D eigenvalue weighted by Crippen LogP contribution is -1.82. The highest BCUT2D eigenvalue weighted by molar-refractivity contribution is 7.17. The molecule has 0 atom stereocenters. The van der Waals surface area contributed by atoms with Gasteiger partial charge in [0.25, 0.3) is 5.19 Å². The maximum Gasteiger partial charge on any atom is 0.280 e. The van der Waals surface area contributed by atoms with E-state index in [-0.39, 0.29) is 0 Å². The highest BCUT2D eigenvalue weighted by Gasteiger charge is 2.01. The van der Waals surface area contributed by atoms with Crippen LogP contribution in [-0.4, -0.2) is 4.98 Å². The molecule has 2 N–H and O–H groups in total. The second kappa shape index (κ2) is 3.67. The van der Waals surface area contributed by atoms with E-state index in [0.717, 1.165) is 11.3 Å². The van der Waals surface area contributed by atoms with Crippen LogP contribution in [0.1, 0.15) is 5.56 Å². The van der Waals surface area contributed by atoms with Crippen molar-refractivity contribution in [3.8, 4) is 10.9 Å². The van der Waals surface area contributed by atoms with Crippen molar-refractivity contribution in [1.82, 2.24) is 4.98 Å². The van der Waals surface area contributed by atoms with Gasteiger partial charge >= 0.3 is 0 Å². The Morgan fingerprint density at radius 3 is 2.93 bits per heavy atom. The molecule has 72 valence electrons. The smallest absolute Gasteiger partial charge is 0.280 e. The topological polar surface area (TPSA) is 48.1 Å². The number of hydrogen-bond acceptors (Lipinski definition) is 4. The average Bonchev–Trinajstić information content (AvgIpc) is 2.51. The van der Waals surface area contributed by atoms with Gasteiger partial charge < -0.3 is 10.5 Å². The van der Waals surface area contributed by atoms with Crippen molar-refractivity contribution in [3.05, 3.63) is 36.0 Å². The molecule has 0 fully saturated rings. The Hall–Kier alpha value is -1.55. The van der Waals surface area contributed by atoms with Crippen LogP contribution in [0.2, 0.25) is 0 Å². The van der Waals surface area contributed by atoms with Crippen molar-refractivity contribution in [2.75, 3.05) is 5.73 Å². The fraction of sp³-hybridized carbons (Fsp3) is 0.100. The number of ether oxygens (including phenoxy) is 1. The molecule has 0 aliphatic rings. The Labute approximate surface area is 86.2 Å². The van der Waals surface area contributed by atoms with Crippen LogP contribution < -0.4 is 10.5 Å². The fourth-order valence-corrected chi connectivity index (χ4v) is 1.65. The Morgan fingerprint density at radius 1 is 1.43 bits per heavy atom. The number of nitrogens with zero attached hydrogens (tertiary/aromatic N) is 1. The average molecular weight is 206 g/mol. The molecular formula is C10H10N2OS. The molecule has 2 rings (SSSR count). The first-order valence-corrected chi connectivity index (χ1v) is 5.01. The molecule has 0 aliphatic carbocycles. The van der Waals surface area contributed by atoms with Gasteiger partial charge in [0.1, 0.15) is 10.8 Å². The van der Waals surface area contributed by atoms with Gasteiger partial charge in [0.2, 0.25) is 0 Å². The summed E-state index contributed by atoms with van der Waals surface area (Å²) in [5, 5.41) is 1.24. The normalized spacial score (nSPS) is 10.1. The van der Waals surface area contributed by atoms with E-state index in [9.17, 15) is 0 Å². The number of anilines is 1. The van der Waals surface area contributed by atoms with Crippen LogP contribution in [0.3, 0.4) is 0 Å². The van der Waals surface area contributed by atoms with E-state index >= 15 is 0 Å². The molecule has 0 radical (unpaired) electrons. The van der Waals surface area contributed by atoms with E-state index in [1.165, 1.54) is 11.3 Å². The maximum atomic E-state index is 5.54.